The van der Waals surface area contributed by atoms with Crippen molar-refractivity contribution in [2.45, 2.75) is 6.54 Å². The van der Waals surface area contributed by atoms with Crippen molar-refractivity contribution in [3.63, 3.8) is 0 Å². The Kier molecular flexibility index (Phi) is 8.06. The summed E-state index contributed by atoms with van der Waals surface area (Å²) >= 11 is 5.73. The van der Waals surface area contributed by atoms with Gasteiger partial charge in [-0.3, -0.25) is 0 Å². The number of rotatable bonds is 5. The van der Waals surface area contributed by atoms with Crippen molar-refractivity contribution in [2.24, 2.45) is 10.7 Å². The van der Waals surface area contributed by atoms with E-state index in [2.05, 4.69) is 10.3 Å². The van der Waals surface area contributed by atoms with Crippen LogP contribution < -0.4 is 20.5 Å². The summed E-state index contributed by atoms with van der Waals surface area (Å²) in [6, 6.07) is 9.69. The molecule has 2 aromatic carbocycles. The van der Waals surface area contributed by atoms with Gasteiger partial charge in [0.1, 0.15) is 17.3 Å². The first-order valence-corrected chi connectivity index (χ1v) is 7.14. The molecule has 0 atom stereocenters. The van der Waals surface area contributed by atoms with Crippen LogP contribution in [0.2, 0.25) is 5.02 Å². The zero-order valence-electron chi connectivity index (χ0n) is 13.2. The summed E-state index contributed by atoms with van der Waals surface area (Å²) in [7, 11) is 3.13. The topological polar surface area (TPSA) is 68.9 Å². The van der Waals surface area contributed by atoms with Crippen LogP contribution in [-0.4, -0.2) is 20.2 Å². The maximum Gasteiger partial charge on any atom is 0.193 e. The maximum atomic E-state index is 13.1. The number of hydrogen-bond donors (Lipinski definition) is 2. The lowest BCUT2D eigenvalue weighted by molar-refractivity contribution is 0.405. The predicted octanol–water partition coefficient (Wildman–Crippen LogP) is 4.04. The first-order chi connectivity index (χ1) is 11.0. The minimum absolute atomic E-state index is 0. The highest BCUT2D eigenvalue weighted by Gasteiger charge is 2.06. The normalized spacial score (nSPS) is 10.8. The summed E-state index contributed by atoms with van der Waals surface area (Å²) in [5.74, 6) is 0.990. The van der Waals surface area contributed by atoms with Crippen LogP contribution in [-0.2, 0) is 6.54 Å². The molecule has 0 bridgehead atoms. The number of nitrogens with zero attached hydrogens (tertiary/aromatic N) is 1. The van der Waals surface area contributed by atoms with E-state index in [1.54, 1.807) is 38.5 Å². The van der Waals surface area contributed by atoms with Crippen molar-refractivity contribution in [1.82, 2.24) is 0 Å². The molecule has 8 heteroatoms. The molecule has 0 amide bonds. The van der Waals surface area contributed by atoms with Crippen molar-refractivity contribution in [1.29, 1.82) is 0 Å². The van der Waals surface area contributed by atoms with Gasteiger partial charge in [-0.15, -0.1) is 24.0 Å². The average molecular weight is 466 g/mol. The van der Waals surface area contributed by atoms with Crippen molar-refractivity contribution in [2.75, 3.05) is 19.5 Å². The second kappa shape index (κ2) is 9.53. The second-order valence-electron chi connectivity index (χ2n) is 4.64. The molecule has 0 unspecified atom stereocenters. The molecular weight excluding hydrogens is 448 g/mol. The number of guanidine groups is 1. The van der Waals surface area contributed by atoms with Gasteiger partial charge < -0.3 is 20.5 Å². The van der Waals surface area contributed by atoms with E-state index in [4.69, 9.17) is 26.8 Å². The Labute approximate surface area is 162 Å². The SMILES string of the molecule is COc1ccc(OC)c(NC(N)=NCc2ccc(F)c(Cl)c2)c1.I. The van der Waals surface area contributed by atoms with Crippen LogP contribution in [0.25, 0.3) is 0 Å². The van der Waals surface area contributed by atoms with Crippen molar-refractivity contribution >= 4 is 47.2 Å². The molecule has 0 aliphatic heterocycles. The molecule has 0 radical (unpaired) electrons. The summed E-state index contributed by atoms with van der Waals surface area (Å²) in [5, 5.41) is 3.00. The van der Waals surface area contributed by atoms with Gasteiger partial charge in [-0.05, 0) is 29.8 Å². The van der Waals surface area contributed by atoms with Crippen LogP contribution in [0.3, 0.4) is 0 Å². The van der Waals surface area contributed by atoms with Crippen LogP contribution in [0.4, 0.5) is 10.1 Å². The number of benzene rings is 2. The Morgan fingerprint density at radius 3 is 2.58 bits per heavy atom. The van der Waals surface area contributed by atoms with Gasteiger partial charge in [0.25, 0.3) is 0 Å². The highest BCUT2D eigenvalue weighted by Crippen LogP contribution is 2.28. The molecule has 0 saturated carbocycles. The first kappa shape index (κ1) is 20.3. The lowest BCUT2D eigenvalue weighted by atomic mass is 10.2. The Morgan fingerprint density at radius 2 is 1.96 bits per heavy atom. The molecule has 0 fully saturated rings. The minimum Gasteiger partial charge on any atom is -0.497 e. The second-order valence-corrected chi connectivity index (χ2v) is 5.05. The number of nitrogens with one attached hydrogen (secondary N) is 1. The fourth-order valence-corrected chi connectivity index (χ4v) is 2.11. The molecular formula is C16H18ClFIN3O2. The molecule has 130 valence electrons. The molecule has 3 N–H and O–H groups in total. The van der Waals surface area contributed by atoms with Crippen LogP contribution >= 0.6 is 35.6 Å². The highest BCUT2D eigenvalue weighted by molar-refractivity contribution is 14.0. The fourth-order valence-electron chi connectivity index (χ4n) is 1.90. The minimum atomic E-state index is -0.466. The van der Waals surface area contributed by atoms with Crippen molar-refractivity contribution in [3.8, 4) is 11.5 Å². The van der Waals surface area contributed by atoms with Gasteiger partial charge in [0.15, 0.2) is 5.96 Å². The number of methoxy groups -OCH3 is 2. The number of nitrogens with two attached hydrogens (primary N) is 1. The van der Waals surface area contributed by atoms with E-state index < -0.39 is 5.82 Å². The summed E-state index contributed by atoms with van der Waals surface area (Å²) < 4.78 is 23.5. The quantitative estimate of drug-likeness (QED) is 0.397. The van der Waals surface area contributed by atoms with E-state index >= 15 is 0 Å². The molecule has 0 spiro atoms. The first-order valence-electron chi connectivity index (χ1n) is 6.76. The Bertz CT molecular complexity index is 728. The molecule has 0 aromatic heterocycles. The smallest absolute Gasteiger partial charge is 0.193 e. The molecule has 5 nitrogen and oxygen atoms in total. The van der Waals surface area contributed by atoms with Crippen LogP contribution in [0.15, 0.2) is 41.4 Å². The van der Waals surface area contributed by atoms with Gasteiger partial charge >= 0.3 is 0 Å². The van der Waals surface area contributed by atoms with E-state index in [1.165, 1.54) is 12.1 Å². The van der Waals surface area contributed by atoms with Crippen LogP contribution in [0.5, 0.6) is 11.5 Å². The lowest BCUT2D eigenvalue weighted by Gasteiger charge is -2.12. The molecule has 0 heterocycles. The van der Waals surface area contributed by atoms with E-state index in [-0.39, 0.29) is 41.5 Å². The fraction of sp³-hybridized carbons (Fsp3) is 0.188. The zero-order chi connectivity index (χ0) is 16.8. The summed E-state index contributed by atoms with van der Waals surface area (Å²) in [5.41, 5.74) is 7.25. The summed E-state index contributed by atoms with van der Waals surface area (Å²) in [6.07, 6.45) is 0. The Morgan fingerprint density at radius 1 is 1.21 bits per heavy atom. The van der Waals surface area contributed by atoms with Gasteiger partial charge in [0.2, 0.25) is 0 Å². The number of halogens is 3. The average Bonchev–Trinajstić information content (AvgIpc) is 2.55. The standard InChI is InChI=1S/C16H17ClFN3O2.HI/c1-22-11-4-6-15(23-2)14(8-11)21-16(19)20-9-10-3-5-13(18)12(17)7-10;/h3-8H,9H2,1-2H3,(H3,19,20,21);1H. The molecule has 24 heavy (non-hydrogen) atoms. The Hall–Kier alpha value is -1.74. The summed E-state index contributed by atoms with van der Waals surface area (Å²) in [6.45, 7) is 0.269. The molecule has 0 aliphatic carbocycles. The molecule has 0 aliphatic rings. The highest BCUT2D eigenvalue weighted by atomic mass is 127. The van der Waals surface area contributed by atoms with Crippen LogP contribution in [0, 0.1) is 5.82 Å². The largest absolute Gasteiger partial charge is 0.497 e. The molecule has 0 saturated heterocycles. The maximum absolute atomic E-state index is 13.1. The van der Waals surface area contributed by atoms with Gasteiger partial charge in [-0.1, -0.05) is 17.7 Å². The summed E-state index contributed by atoms with van der Waals surface area (Å²) in [4.78, 5) is 4.20. The van der Waals surface area contributed by atoms with E-state index in [0.717, 1.165) is 5.56 Å². The van der Waals surface area contributed by atoms with Gasteiger partial charge in [-0.2, -0.15) is 0 Å². The van der Waals surface area contributed by atoms with Gasteiger partial charge in [0.05, 0.1) is 31.5 Å². The Balaban J connectivity index is 0.00000288. The lowest BCUT2D eigenvalue weighted by Crippen LogP contribution is -2.23. The number of aliphatic imine (C=N–C) groups is 1. The van der Waals surface area contributed by atoms with Crippen LogP contribution in [0.1, 0.15) is 5.56 Å². The zero-order valence-corrected chi connectivity index (χ0v) is 16.3. The predicted molar refractivity (Wildman–Crippen MR) is 105 cm³/mol. The molecule has 2 rings (SSSR count). The number of ether oxygens (including phenoxy) is 2. The number of anilines is 1. The number of hydrogen-bond acceptors (Lipinski definition) is 3. The molecule has 2 aromatic rings. The van der Waals surface area contributed by atoms with Gasteiger partial charge in [0, 0.05) is 6.07 Å². The van der Waals surface area contributed by atoms with E-state index in [9.17, 15) is 4.39 Å². The monoisotopic (exact) mass is 465 g/mol. The third-order valence-corrected chi connectivity index (χ3v) is 3.38. The third-order valence-electron chi connectivity index (χ3n) is 3.09. The van der Waals surface area contributed by atoms with Crippen molar-refractivity contribution in [3.05, 3.63) is 52.8 Å². The van der Waals surface area contributed by atoms with E-state index in [0.29, 0.717) is 17.2 Å². The van der Waals surface area contributed by atoms with Gasteiger partial charge in [-0.25, -0.2) is 9.38 Å². The third kappa shape index (κ3) is 5.41. The van der Waals surface area contributed by atoms with Crippen molar-refractivity contribution < 1.29 is 13.9 Å². The van der Waals surface area contributed by atoms with E-state index in [1.807, 2.05) is 0 Å².